The van der Waals surface area contributed by atoms with Crippen LogP contribution < -0.4 is 0 Å². The molecule has 0 aliphatic rings. The second kappa shape index (κ2) is 16.3. The number of carboxylic acid groups (broad SMARTS) is 2. The lowest BCUT2D eigenvalue weighted by atomic mass is 9.83. The van der Waals surface area contributed by atoms with Crippen LogP contribution in [-0.2, 0) is 9.47 Å². The molecule has 0 aromatic rings. The largest absolute Gasteiger partial charge is 0.502 e. The first-order valence-electron chi connectivity index (χ1n) is 11.1. The highest BCUT2D eigenvalue weighted by Crippen LogP contribution is 2.29. The van der Waals surface area contributed by atoms with Crippen molar-refractivity contribution in [1.82, 2.24) is 9.80 Å². The van der Waals surface area contributed by atoms with Gasteiger partial charge in [0, 0.05) is 25.2 Å². The highest BCUT2D eigenvalue weighted by Gasteiger charge is 2.35. The highest BCUT2D eigenvalue weighted by atomic mass is 16.5. The monoisotopic (exact) mass is 442 g/mol. The van der Waals surface area contributed by atoms with Crippen molar-refractivity contribution >= 4 is 12.2 Å². The molecule has 0 aromatic heterocycles. The molecule has 8 heteroatoms. The van der Waals surface area contributed by atoms with Crippen molar-refractivity contribution in [3.63, 3.8) is 0 Å². The third-order valence-corrected chi connectivity index (χ3v) is 5.79. The summed E-state index contributed by atoms with van der Waals surface area (Å²) in [6, 6.07) is 0. The molecule has 0 rings (SSSR count). The van der Waals surface area contributed by atoms with Crippen LogP contribution in [0.15, 0.2) is 25.7 Å². The minimum atomic E-state index is -0.918. The minimum Gasteiger partial charge on any atom is -0.502 e. The standard InChI is InChI=1S/C23H42N2O6/c1-6-30-18-12-10-16-24(21(26)27)15-9-8-14-20(3)23(4,5)25(22(28)29)17-11-13-19-31-7-2/h6-7,20H,1-2,8-19H2,3-5H3,(H,26,27)(H,28,29). The Bertz CT molecular complexity index is 538. The molecule has 1 atom stereocenters. The summed E-state index contributed by atoms with van der Waals surface area (Å²) in [5.74, 6) is 0.141. The van der Waals surface area contributed by atoms with E-state index >= 15 is 0 Å². The third-order valence-electron chi connectivity index (χ3n) is 5.79. The van der Waals surface area contributed by atoms with Gasteiger partial charge >= 0.3 is 12.2 Å². The first kappa shape index (κ1) is 28.6. The van der Waals surface area contributed by atoms with Crippen molar-refractivity contribution in [2.45, 2.75) is 71.3 Å². The van der Waals surface area contributed by atoms with Gasteiger partial charge in [0.05, 0.1) is 25.7 Å². The van der Waals surface area contributed by atoms with Gasteiger partial charge in [0.2, 0.25) is 0 Å². The summed E-state index contributed by atoms with van der Waals surface area (Å²) < 4.78 is 10.1. The Balaban J connectivity index is 4.45. The molecule has 8 nitrogen and oxygen atoms in total. The molecule has 0 heterocycles. The maximum Gasteiger partial charge on any atom is 0.407 e. The Kier molecular flexibility index (Phi) is 15.1. The molecule has 0 spiro atoms. The molecule has 180 valence electrons. The summed E-state index contributed by atoms with van der Waals surface area (Å²) in [6.45, 7) is 15.5. The maximum atomic E-state index is 11.8. The fourth-order valence-corrected chi connectivity index (χ4v) is 3.42. The van der Waals surface area contributed by atoms with Gasteiger partial charge in [0.15, 0.2) is 0 Å². The maximum absolute atomic E-state index is 11.8. The lowest BCUT2D eigenvalue weighted by Crippen LogP contribution is -2.51. The normalized spacial score (nSPS) is 12.0. The van der Waals surface area contributed by atoms with Crippen LogP contribution in [0.3, 0.4) is 0 Å². The summed E-state index contributed by atoms with van der Waals surface area (Å²) in [5.41, 5.74) is -0.511. The van der Waals surface area contributed by atoms with Gasteiger partial charge in [-0.1, -0.05) is 26.5 Å². The molecule has 0 aliphatic heterocycles. The van der Waals surface area contributed by atoms with Crippen LogP contribution in [0.5, 0.6) is 0 Å². The fourth-order valence-electron chi connectivity index (χ4n) is 3.42. The number of amides is 2. The first-order chi connectivity index (χ1) is 14.7. The number of ether oxygens (including phenoxy) is 2. The zero-order chi connectivity index (χ0) is 23.7. The van der Waals surface area contributed by atoms with Gasteiger partial charge in [-0.05, 0) is 58.3 Å². The van der Waals surface area contributed by atoms with E-state index in [1.165, 1.54) is 22.3 Å². The van der Waals surface area contributed by atoms with E-state index in [-0.39, 0.29) is 5.92 Å². The Morgan fingerprint density at radius 3 is 1.81 bits per heavy atom. The van der Waals surface area contributed by atoms with Crippen LogP contribution in [0, 0.1) is 5.92 Å². The van der Waals surface area contributed by atoms with Crippen molar-refractivity contribution in [3.05, 3.63) is 25.7 Å². The fraction of sp³-hybridized carbons (Fsp3) is 0.739. The second-order valence-electron chi connectivity index (χ2n) is 8.24. The minimum absolute atomic E-state index is 0.141. The van der Waals surface area contributed by atoms with Crippen molar-refractivity contribution < 1.29 is 29.3 Å². The predicted molar refractivity (Wildman–Crippen MR) is 122 cm³/mol. The topological polar surface area (TPSA) is 99.5 Å². The van der Waals surface area contributed by atoms with Crippen LogP contribution in [0.2, 0.25) is 0 Å². The van der Waals surface area contributed by atoms with E-state index < -0.39 is 17.7 Å². The summed E-state index contributed by atoms with van der Waals surface area (Å²) in [5, 5.41) is 19.1. The van der Waals surface area contributed by atoms with Gasteiger partial charge in [-0.15, -0.1) is 0 Å². The van der Waals surface area contributed by atoms with E-state index in [1.54, 1.807) is 0 Å². The molecule has 0 saturated carbocycles. The molecular formula is C23H42N2O6. The van der Waals surface area contributed by atoms with Gasteiger partial charge in [-0.3, -0.25) is 0 Å². The van der Waals surface area contributed by atoms with Gasteiger partial charge in [0.1, 0.15) is 0 Å². The van der Waals surface area contributed by atoms with Gasteiger partial charge in [-0.25, -0.2) is 9.59 Å². The van der Waals surface area contributed by atoms with Crippen molar-refractivity contribution in [3.8, 4) is 0 Å². The quantitative estimate of drug-likeness (QED) is 0.205. The van der Waals surface area contributed by atoms with Gasteiger partial charge in [0.25, 0.3) is 0 Å². The molecular weight excluding hydrogens is 400 g/mol. The number of unbranched alkanes of at least 4 members (excludes halogenated alkanes) is 3. The Hall–Kier alpha value is -2.38. The summed E-state index contributed by atoms with van der Waals surface area (Å²) in [4.78, 5) is 26.2. The molecule has 0 bridgehead atoms. The summed E-state index contributed by atoms with van der Waals surface area (Å²) in [7, 11) is 0. The highest BCUT2D eigenvalue weighted by molar-refractivity contribution is 5.66. The molecule has 2 N–H and O–H groups in total. The molecule has 0 fully saturated rings. The molecule has 2 amide bonds. The molecule has 1 unspecified atom stereocenters. The summed E-state index contributed by atoms with van der Waals surface area (Å²) in [6.07, 6.45) is 6.40. The average Bonchev–Trinajstić information content (AvgIpc) is 2.70. The Morgan fingerprint density at radius 2 is 1.35 bits per heavy atom. The zero-order valence-corrected chi connectivity index (χ0v) is 19.6. The van der Waals surface area contributed by atoms with Crippen LogP contribution in [0.4, 0.5) is 9.59 Å². The molecule has 0 aliphatic carbocycles. The molecule has 0 saturated heterocycles. The van der Waals surface area contributed by atoms with Crippen LogP contribution in [0.25, 0.3) is 0 Å². The Morgan fingerprint density at radius 1 is 0.871 bits per heavy atom. The lowest BCUT2D eigenvalue weighted by Gasteiger charge is -2.41. The number of rotatable bonds is 19. The van der Waals surface area contributed by atoms with E-state index in [2.05, 4.69) is 20.1 Å². The van der Waals surface area contributed by atoms with E-state index in [1.807, 2.05) is 13.8 Å². The molecule has 31 heavy (non-hydrogen) atoms. The van der Waals surface area contributed by atoms with Crippen molar-refractivity contribution in [2.75, 3.05) is 32.8 Å². The SMILES string of the molecule is C=COCCCCN(CCCCC(C)C(C)(C)N(CCCCOC=C)C(=O)O)C(=O)O. The number of hydrogen-bond acceptors (Lipinski definition) is 4. The van der Waals surface area contributed by atoms with E-state index in [0.717, 1.165) is 44.9 Å². The van der Waals surface area contributed by atoms with Crippen molar-refractivity contribution in [1.29, 1.82) is 0 Å². The predicted octanol–water partition coefficient (Wildman–Crippen LogP) is 5.41. The van der Waals surface area contributed by atoms with Crippen LogP contribution >= 0.6 is 0 Å². The number of nitrogens with zero attached hydrogens (tertiary/aromatic N) is 2. The zero-order valence-electron chi connectivity index (χ0n) is 19.6. The van der Waals surface area contributed by atoms with Gasteiger partial charge < -0.3 is 29.5 Å². The summed E-state index contributed by atoms with van der Waals surface area (Å²) >= 11 is 0. The molecule has 0 aromatic carbocycles. The first-order valence-corrected chi connectivity index (χ1v) is 11.1. The number of hydrogen-bond donors (Lipinski definition) is 2. The van der Waals surface area contributed by atoms with Gasteiger partial charge in [-0.2, -0.15) is 0 Å². The third kappa shape index (κ3) is 12.2. The van der Waals surface area contributed by atoms with E-state index in [0.29, 0.717) is 32.8 Å². The average molecular weight is 443 g/mol. The van der Waals surface area contributed by atoms with E-state index in [4.69, 9.17) is 9.47 Å². The van der Waals surface area contributed by atoms with E-state index in [9.17, 15) is 19.8 Å². The smallest absolute Gasteiger partial charge is 0.407 e. The second-order valence-corrected chi connectivity index (χ2v) is 8.24. The van der Waals surface area contributed by atoms with Crippen LogP contribution in [0.1, 0.15) is 65.7 Å². The Labute approximate surface area is 187 Å². The molecule has 0 radical (unpaired) electrons. The van der Waals surface area contributed by atoms with Crippen molar-refractivity contribution in [2.24, 2.45) is 5.92 Å². The lowest BCUT2D eigenvalue weighted by molar-refractivity contribution is 0.0568. The number of carbonyl (C=O) groups is 2. The van der Waals surface area contributed by atoms with Crippen LogP contribution in [-0.4, -0.2) is 70.6 Å².